The maximum absolute atomic E-state index is 8.98. The van der Waals surface area contributed by atoms with Crippen molar-refractivity contribution in [3.05, 3.63) is 65.2 Å². The maximum Gasteiger partial charge on any atom is 0.225 e. The zero-order chi connectivity index (χ0) is 18.4. The minimum atomic E-state index is 0.120. The second-order valence-corrected chi connectivity index (χ2v) is 6.30. The summed E-state index contributed by atoms with van der Waals surface area (Å²) in [7, 11) is 0. The predicted octanol–water partition coefficient (Wildman–Crippen LogP) is 4.64. The van der Waals surface area contributed by atoms with Gasteiger partial charge in [-0.15, -0.1) is 0 Å². The van der Waals surface area contributed by atoms with Crippen LogP contribution in [-0.2, 0) is 0 Å². The summed E-state index contributed by atoms with van der Waals surface area (Å²) in [6.45, 7) is 2.71. The van der Waals surface area contributed by atoms with Gasteiger partial charge in [0.1, 0.15) is 5.82 Å². The van der Waals surface area contributed by atoms with Crippen LogP contribution < -0.4 is 10.6 Å². The number of nitrogens with one attached hydrogen (secondary N) is 2. The molecule has 0 aliphatic carbocycles. The highest BCUT2D eigenvalue weighted by Crippen LogP contribution is 2.30. The fourth-order valence-electron chi connectivity index (χ4n) is 2.54. The summed E-state index contributed by atoms with van der Waals surface area (Å²) in [6, 6.07) is 17.6. The van der Waals surface area contributed by atoms with E-state index in [2.05, 4.69) is 20.6 Å². The first-order chi connectivity index (χ1) is 12.7. The number of halogens is 1. The monoisotopic (exact) mass is 368 g/mol. The molecule has 3 N–H and O–H groups in total. The summed E-state index contributed by atoms with van der Waals surface area (Å²) >= 11 is 6.33. The topological polar surface area (TPSA) is 70.1 Å². The molecule has 1 aromatic heterocycles. The van der Waals surface area contributed by atoms with E-state index in [0.29, 0.717) is 29.8 Å². The lowest BCUT2D eigenvalue weighted by atomic mass is 10.1. The molecule has 0 fully saturated rings. The van der Waals surface area contributed by atoms with Crippen LogP contribution in [0.15, 0.2) is 54.6 Å². The molecule has 0 saturated heterocycles. The van der Waals surface area contributed by atoms with Gasteiger partial charge in [-0.1, -0.05) is 54.1 Å². The molecule has 0 radical (unpaired) electrons. The van der Waals surface area contributed by atoms with E-state index in [0.717, 1.165) is 22.5 Å². The average molecular weight is 369 g/mol. The fraction of sp³-hybridized carbons (Fsp3) is 0.200. The molecule has 0 spiro atoms. The minimum absolute atomic E-state index is 0.120. The van der Waals surface area contributed by atoms with E-state index in [1.165, 1.54) is 0 Å². The van der Waals surface area contributed by atoms with Crippen molar-refractivity contribution in [3.8, 4) is 11.3 Å². The second kappa shape index (κ2) is 8.65. The van der Waals surface area contributed by atoms with E-state index in [1.807, 2.05) is 61.5 Å². The molecule has 2 aromatic carbocycles. The molecule has 134 valence electrons. The van der Waals surface area contributed by atoms with Crippen LogP contribution in [0.3, 0.4) is 0 Å². The number of benzene rings is 2. The van der Waals surface area contributed by atoms with Gasteiger partial charge in [0.15, 0.2) is 0 Å². The van der Waals surface area contributed by atoms with E-state index in [9.17, 15) is 0 Å². The van der Waals surface area contributed by atoms with Crippen LogP contribution in [0.5, 0.6) is 0 Å². The third kappa shape index (κ3) is 4.50. The summed E-state index contributed by atoms with van der Waals surface area (Å²) in [6.07, 6.45) is 0.630. The number of aromatic nitrogens is 2. The molecule has 0 amide bonds. The molecular formula is C20H21ClN4O. The predicted molar refractivity (Wildman–Crippen MR) is 107 cm³/mol. The van der Waals surface area contributed by atoms with Gasteiger partial charge in [0, 0.05) is 24.8 Å². The summed E-state index contributed by atoms with van der Waals surface area (Å²) in [5.41, 5.74) is 3.67. The highest BCUT2D eigenvalue weighted by molar-refractivity contribution is 6.33. The molecule has 0 aliphatic heterocycles. The van der Waals surface area contributed by atoms with Gasteiger partial charge in [-0.3, -0.25) is 0 Å². The third-order valence-corrected chi connectivity index (χ3v) is 4.20. The Bertz CT molecular complexity index is 851. The van der Waals surface area contributed by atoms with Crippen LogP contribution >= 0.6 is 11.6 Å². The first-order valence-electron chi connectivity index (χ1n) is 8.49. The highest BCUT2D eigenvalue weighted by atomic mass is 35.5. The number of rotatable bonds is 7. The van der Waals surface area contributed by atoms with Gasteiger partial charge in [-0.2, -0.15) is 4.98 Å². The van der Waals surface area contributed by atoms with Crippen LogP contribution in [0.1, 0.15) is 12.0 Å². The van der Waals surface area contributed by atoms with E-state index < -0.39 is 0 Å². The third-order valence-electron chi connectivity index (χ3n) is 3.89. The highest BCUT2D eigenvalue weighted by Gasteiger charge is 2.10. The number of nitrogens with zero attached hydrogens (tertiary/aromatic N) is 2. The number of anilines is 3. The van der Waals surface area contributed by atoms with Crippen molar-refractivity contribution in [2.45, 2.75) is 13.3 Å². The standard InChI is InChI=1S/C20H21ClN4O/c1-14-7-5-10-16(21)19(14)24-18-13-17(15-8-3-2-4-9-15)23-20(25-18)22-11-6-12-26/h2-5,7-10,13,26H,6,11-12H2,1H3,(H2,22,23,24,25). The SMILES string of the molecule is Cc1cccc(Cl)c1Nc1cc(-c2ccccc2)nc(NCCCO)n1. The van der Waals surface area contributed by atoms with Crippen LogP contribution in [0.2, 0.25) is 5.02 Å². The first kappa shape index (κ1) is 18.2. The van der Waals surface area contributed by atoms with Gasteiger partial charge < -0.3 is 15.7 Å². The Morgan fingerprint density at radius 2 is 1.85 bits per heavy atom. The number of aliphatic hydroxyl groups excluding tert-OH is 1. The smallest absolute Gasteiger partial charge is 0.225 e. The van der Waals surface area contributed by atoms with E-state index in [-0.39, 0.29) is 6.61 Å². The first-order valence-corrected chi connectivity index (χ1v) is 8.86. The molecule has 6 heteroatoms. The number of hydrogen-bond donors (Lipinski definition) is 3. The number of aliphatic hydroxyl groups is 1. The van der Waals surface area contributed by atoms with E-state index in [4.69, 9.17) is 16.7 Å². The molecule has 0 unspecified atom stereocenters. The Morgan fingerprint density at radius 3 is 2.58 bits per heavy atom. The van der Waals surface area contributed by atoms with Crippen molar-refractivity contribution in [1.29, 1.82) is 0 Å². The molecule has 26 heavy (non-hydrogen) atoms. The molecule has 0 bridgehead atoms. The van der Waals surface area contributed by atoms with Crippen LogP contribution in [0.4, 0.5) is 17.5 Å². The molecule has 5 nitrogen and oxygen atoms in total. The number of aryl methyl sites for hydroxylation is 1. The Kier molecular flexibility index (Phi) is 6.04. The van der Waals surface area contributed by atoms with Crippen molar-refractivity contribution >= 4 is 29.1 Å². The van der Waals surface area contributed by atoms with Crippen molar-refractivity contribution in [2.75, 3.05) is 23.8 Å². The molecule has 3 rings (SSSR count). The van der Waals surface area contributed by atoms with Crippen molar-refractivity contribution < 1.29 is 5.11 Å². The van der Waals surface area contributed by atoms with Gasteiger partial charge in [-0.05, 0) is 25.0 Å². The summed E-state index contributed by atoms with van der Waals surface area (Å²) in [5.74, 6) is 1.16. The zero-order valence-electron chi connectivity index (χ0n) is 14.5. The normalized spacial score (nSPS) is 10.6. The van der Waals surface area contributed by atoms with E-state index in [1.54, 1.807) is 0 Å². The van der Waals surface area contributed by atoms with Crippen molar-refractivity contribution in [1.82, 2.24) is 9.97 Å². The van der Waals surface area contributed by atoms with Gasteiger partial charge in [-0.25, -0.2) is 4.98 Å². The largest absolute Gasteiger partial charge is 0.396 e. The summed E-state index contributed by atoms with van der Waals surface area (Å²) in [4.78, 5) is 9.12. The van der Waals surface area contributed by atoms with Gasteiger partial charge in [0.2, 0.25) is 5.95 Å². The quantitative estimate of drug-likeness (QED) is 0.530. The molecule has 0 saturated carbocycles. The second-order valence-electron chi connectivity index (χ2n) is 5.89. The molecular weight excluding hydrogens is 348 g/mol. The Hall–Kier alpha value is -2.63. The van der Waals surface area contributed by atoms with Crippen LogP contribution in [0, 0.1) is 6.92 Å². The lowest BCUT2D eigenvalue weighted by molar-refractivity contribution is 0.292. The molecule has 3 aromatic rings. The lowest BCUT2D eigenvalue weighted by Gasteiger charge is -2.14. The number of para-hydroxylation sites is 1. The van der Waals surface area contributed by atoms with Gasteiger partial charge in [0.25, 0.3) is 0 Å². The Labute approximate surface area is 158 Å². The Balaban J connectivity index is 1.96. The lowest BCUT2D eigenvalue weighted by Crippen LogP contribution is -2.09. The van der Waals surface area contributed by atoms with Gasteiger partial charge in [0.05, 0.1) is 16.4 Å². The van der Waals surface area contributed by atoms with Crippen molar-refractivity contribution in [2.24, 2.45) is 0 Å². The summed E-state index contributed by atoms with van der Waals surface area (Å²) in [5, 5.41) is 16.1. The van der Waals surface area contributed by atoms with Crippen LogP contribution in [0.25, 0.3) is 11.3 Å². The van der Waals surface area contributed by atoms with E-state index >= 15 is 0 Å². The fourth-order valence-corrected chi connectivity index (χ4v) is 2.81. The van der Waals surface area contributed by atoms with Gasteiger partial charge >= 0.3 is 0 Å². The molecule has 0 atom stereocenters. The summed E-state index contributed by atoms with van der Waals surface area (Å²) < 4.78 is 0. The minimum Gasteiger partial charge on any atom is -0.396 e. The maximum atomic E-state index is 8.98. The number of hydrogen-bond acceptors (Lipinski definition) is 5. The van der Waals surface area contributed by atoms with Crippen LogP contribution in [-0.4, -0.2) is 28.2 Å². The van der Waals surface area contributed by atoms with Crippen molar-refractivity contribution in [3.63, 3.8) is 0 Å². The molecule has 1 heterocycles. The zero-order valence-corrected chi connectivity index (χ0v) is 15.3. The molecule has 0 aliphatic rings. The average Bonchev–Trinajstić information content (AvgIpc) is 2.66. The Morgan fingerprint density at radius 1 is 1.04 bits per heavy atom.